The summed E-state index contributed by atoms with van der Waals surface area (Å²) in [5.41, 5.74) is 5.28. The Hall–Kier alpha value is -1.69. The molecule has 0 amide bonds. The monoisotopic (exact) mass is 230 g/mol. The third kappa shape index (κ3) is 1.61. The molecule has 6 heteroatoms. The minimum Gasteiger partial charge on any atom is -0.507 e. The standard InChI is InChI=1S/C10H9F3N2O/c11-10(12,13)9(14)6-1-2-7-5(8(6)16)3-4-15-7/h1-4,9,15-16H,14H2. The summed E-state index contributed by atoms with van der Waals surface area (Å²) in [7, 11) is 0. The molecule has 0 bridgehead atoms. The molecule has 0 saturated carbocycles. The molecule has 0 fully saturated rings. The summed E-state index contributed by atoms with van der Waals surface area (Å²) >= 11 is 0. The normalized spacial score (nSPS) is 14.2. The number of nitrogens with two attached hydrogens (primary N) is 1. The summed E-state index contributed by atoms with van der Waals surface area (Å²) in [6.45, 7) is 0. The van der Waals surface area contributed by atoms with E-state index in [0.29, 0.717) is 10.9 Å². The van der Waals surface area contributed by atoms with Gasteiger partial charge in [-0.15, -0.1) is 0 Å². The van der Waals surface area contributed by atoms with Crippen LogP contribution < -0.4 is 5.73 Å². The number of hydrogen-bond acceptors (Lipinski definition) is 2. The number of aromatic amines is 1. The number of aromatic nitrogens is 1. The first-order chi connectivity index (χ1) is 7.41. The molecule has 0 radical (unpaired) electrons. The van der Waals surface area contributed by atoms with Crippen molar-refractivity contribution in [2.45, 2.75) is 12.2 Å². The number of H-pyrrole nitrogens is 1. The Labute approximate surface area is 88.7 Å². The van der Waals surface area contributed by atoms with Gasteiger partial charge in [-0.3, -0.25) is 0 Å². The van der Waals surface area contributed by atoms with Crippen LogP contribution in [0.5, 0.6) is 5.75 Å². The molecule has 1 aromatic heterocycles. The largest absolute Gasteiger partial charge is 0.507 e. The highest BCUT2D eigenvalue weighted by molar-refractivity contribution is 5.87. The zero-order valence-corrected chi connectivity index (χ0v) is 8.05. The molecule has 2 aromatic rings. The first kappa shape index (κ1) is 10.8. The minimum atomic E-state index is -4.57. The van der Waals surface area contributed by atoms with Gasteiger partial charge in [0.1, 0.15) is 11.8 Å². The molecule has 1 atom stereocenters. The molecule has 1 heterocycles. The summed E-state index contributed by atoms with van der Waals surface area (Å²) in [4.78, 5) is 2.78. The molecule has 16 heavy (non-hydrogen) atoms. The van der Waals surface area contributed by atoms with Crippen molar-refractivity contribution in [3.8, 4) is 5.75 Å². The van der Waals surface area contributed by atoms with Gasteiger partial charge in [-0.2, -0.15) is 13.2 Å². The zero-order chi connectivity index (χ0) is 11.9. The van der Waals surface area contributed by atoms with Gasteiger partial charge in [0, 0.05) is 22.7 Å². The predicted octanol–water partition coefficient (Wildman–Crippen LogP) is 2.44. The van der Waals surface area contributed by atoms with Crippen LogP contribution in [-0.4, -0.2) is 16.3 Å². The van der Waals surface area contributed by atoms with Crippen LogP contribution in [0.25, 0.3) is 10.9 Å². The van der Waals surface area contributed by atoms with Crippen LogP contribution in [-0.2, 0) is 0 Å². The molecule has 1 aromatic carbocycles. The maximum absolute atomic E-state index is 12.4. The van der Waals surface area contributed by atoms with Gasteiger partial charge in [-0.1, -0.05) is 6.07 Å². The summed E-state index contributed by atoms with van der Waals surface area (Å²) in [5, 5.41) is 10.0. The molecular weight excluding hydrogens is 221 g/mol. The van der Waals surface area contributed by atoms with Crippen molar-refractivity contribution in [3.05, 3.63) is 30.0 Å². The van der Waals surface area contributed by atoms with Crippen LogP contribution in [0.1, 0.15) is 11.6 Å². The topological polar surface area (TPSA) is 62.0 Å². The smallest absolute Gasteiger partial charge is 0.407 e. The molecule has 3 nitrogen and oxygen atoms in total. The first-order valence-corrected chi connectivity index (χ1v) is 4.52. The molecule has 0 aliphatic rings. The number of fused-ring (bicyclic) bond motifs is 1. The molecule has 0 saturated heterocycles. The Morgan fingerprint density at radius 1 is 1.25 bits per heavy atom. The van der Waals surface area contributed by atoms with Crippen LogP contribution in [0.2, 0.25) is 0 Å². The second-order valence-corrected chi connectivity index (χ2v) is 3.46. The number of phenols is 1. The van der Waals surface area contributed by atoms with E-state index in [2.05, 4.69) is 4.98 Å². The SMILES string of the molecule is NC(c1ccc2[nH]ccc2c1O)C(F)(F)F. The molecule has 0 spiro atoms. The lowest BCUT2D eigenvalue weighted by Gasteiger charge is -2.17. The highest BCUT2D eigenvalue weighted by atomic mass is 19.4. The van der Waals surface area contributed by atoms with Gasteiger partial charge in [-0.05, 0) is 12.1 Å². The quantitative estimate of drug-likeness (QED) is 0.704. The molecule has 2 rings (SSSR count). The van der Waals surface area contributed by atoms with Crippen molar-refractivity contribution in [2.24, 2.45) is 5.73 Å². The fourth-order valence-electron chi connectivity index (χ4n) is 1.56. The predicted molar refractivity (Wildman–Crippen MR) is 52.9 cm³/mol. The van der Waals surface area contributed by atoms with Gasteiger partial charge in [-0.25, -0.2) is 0 Å². The molecule has 4 N–H and O–H groups in total. The van der Waals surface area contributed by atoms with E-state index >= 15 is 0 Å². The lowest BCUT2D eigenvalue weighted by molar-refractivity contribution is -0.149. The van der Waals surface area contributed by atoms with E-state index in [4.69, 9.17) is 5.73 Å². The number of halogens is 3. The molecular formula is C10H9F3N2O. The average molecular weight is 230 g/mol. The van der Waals surface area contributed by atoms with Crippen LogP contribution in [0.3, 0.4) is 0 Å². The van der Waals surface area contributed by atoms with Gasteiger partial charge in [0.2, 0.25) is 0 Å². The minimum absolute atomic E-state index is 0.320. The van der Waals surface area contributed by atoms with Crippen molar-refractivity contribution in [1.29, 1.82) is 0 Å². The summed E-state index contributed by atoms with van der Waals surface area (Å²) in [6, 6.07) is 1.95. The van der Waals surface area contributed by atoms with Crippen molar-refractivity contribution in [3.63, 3.8) is 0 Å². The lowest BCUT2D eigenvalue weighted by Crippen LogP contribution is -2.28. The fraction of sp³-hybridized carbons (Fsp3) is 0.200. The number of nitrogens with one attached hydrogen (secondary N) is 1. The maximum atomic E-state index is 12.4. The molecule has 0 aliphatic carbocycles. The van der Waals surface area contributed by atoms with Crippen molar-refractivity contribution in [2.75, 3.05) is 0 Å². The van der Waals surface area contributed by atoms with Gasteiger partial charge < -0.3 is 15.8 Å². The second-order valence-electron chi connectivity index (χ2n) is 3.46. The van der Waals surface area contributed by atoms with Gasteiger partial charge in [0.25, 0.3) is 0 Å². The van der Waals surface area contributed by atoms with E-state index in [1.807, 2.05) is 0 Å². The summed E-state index contributed by atoms with van der Waals surface area (Å²) < 4.78 is 37.2. The Kier molecular flexibility index (Phi) is 2.31. The van der Waals surface area contributed by atoms with Gasteiger partial charge in [0.15, 0.2) is 0 Å². The Balaban J connectivity index is 2.57. The van der Waals surface area contributed by atoms with Gasteiger partial charge >= 0.3 is 6.18 Å². The highest BCUT2D eigenvalue weighted by Gasteiger charge is 2.39. The van der Waals surface area contributed by atoms with E-state index < -0.39 is 18.0 Å². The van der Waals surface area contributed by atoms with Crippen LogP contribution in [0.4, 0.5) is 13.2 Å². The fourth-order valence-corrected chi connectivity index (χ4v) is 1.56. The van der Waals surface area contributed by atoms with Crippen molar-refractivity contribution >= 4 is 10.9 Å². The summed E-state index contributed by atoms with van der Waals surface area (Å²) in [6.07, 6.45) is -3.03. The highest BCUT2D eigenvalue weighted by Crippen LogP contribution is 2.38. The van der Waals surface area contributed by atoms with E-state index in [9.17, 15) is 18.3 Å². The van der Waals surface area contributed by atoms with Crippen LogP contribution in [0, 0.1) is 0 Å². The van der Waals surface area contributed by atoms with E-state index in [1.54, 1.807) is 0 Å². The second kappa shape index (κ2) is 3.41. The number of benzene rings is 1. The number of phenolic OH excluding ortho intramolecular Hbond substituents is 1. The van der Waals surface area contributed by atoms with Crippen molar-refractivity contribution < 1.29 is 18.3 Å². The first-order valence-electron chi connectivity index (χ1n) is 4.52. The Morgan fingerprint density at radius 2 is 1.94 bits per heavy atom. The molecule has 0 aliphatic heterocycles. The number of rotatable bonds is 1. The molecule has 1 unspecified atom stereocenters. The summed E-state index contributed by atoms with van der Waals surface area (Å²) in [5.74, 6) is -0.427. The number of alkyl halides is 3. The third-order valence-electron chi connectivity index (χ3n) is 2.42. The Bertz CT molecular complexity index is 518. The van der Waals surface area contributed by atoms with E-state index in [0.717, 1.165) is 0 Å². The average Bonchev–Trinajstić information content (AvgIpc) is 2.64. The number of aromatic hydroxyl groups is 1. The zero-order valence-electron chi connectivity index (χ0n) is 8.05. The molecule has 86 valence electrons. The third-order valence-corrected chi connectivity index (χ3v) is 2.42. The maximum Gasteiger partial charge on any atom is 0.407 e. The van der Waals surface area contributed by atoms with Crippen molar-refractivity contribution in [1.82, 2.24) is 4.98 Å². The van der Waals surface area contributed by atoms with Crippen LogP contribution in [0.15, 0.2) is 24.4 Å². The van der Waals surface area contributed by atoms with Crippen LogP contribution >= 0.6 is 0 Å². The number of hydrogen-bond donors (Lipinski definition) is 3. The van der Waals surface area contributed by atoms with E-state index in [1.165, 1.54) is 24.4 Å². The van der Waals surface area contributed by atoms with E-state index in [-0.39, 0.29) is 5.56 Å². The Morgan fingerprint density at radius 3 is 2.56 bits per heavy atom. The van der Waals surface area contributed by atoms with Gasteiger partial charge in [0.05, 0.1) is 0 Å². The lowest BCUT2D eigenvalue weighted by atomic mass is 10.0.